The van der Waals surface area contributed by atoms with Crippen LogP contribution in [0.4, 0.5) is 0 Å². The highest BCUT2D eigenvalue weighted by Crippen LogP contribution is 2.38. The van der Waals surface area contributed by atoms with Crippen LogP contribution in [0.1, 0.15) is 60.9 Å². The van der Waals surface area contributed by atoms with Gasteiger partial charge in [-0.05, 0) is 68.5 Å². The highest BCUT2D eigenvalue weighted by molar-refractivity contribution is 7.90. The minimum atomic E-state index is -3.83. The Morgan fingerprint density at radius 1 is 1.00 bits per heavy atom. The molecule has 2 aliphatic rings. The number of ketones is 1. The van der Waals surface area contributed by atoms with Crippen molar-refractivity contribution in [1.29, 1.82) is 0 Å². The van der Waals surface area contributed by atoms with Gasteiger partial charge in [0, 0.05) is 47.5 Å². The lowest BCUT2D eigenvalue weighted by Crippen LogP contribution is -2.26. The van der Waals surface area contributed by atoms with Gasteiger partial charge in [-0.2, -0.15) is 0 Å². The molecule has 1 saturated heterocycles. The van der Waals surface area contributed by atoms with Gasteiger partial charge in [0.15, 0.2) is 5.65 Å². The van der Waals surface area contributed by atoms with E-state index in [2.05, 4.69) is 16.4 Å². The van der Waals surface area contributed by atoms with Crippen molar-refractivity contribution < 1.29 is 13.2 Å². The Labute approximate surface area is 214 Å². The Morgan fingerprint density at radius 2 is 1.75 bits per heavy atom. The number of hydrogen-bond donors (Lipinski definition) is 1. The monoisotopic (exact) mass is 520 g/mol. The van der Waals surface area contributed by atoms with Crippen LogP contribution in [-0.2, 0) is 14.8 Å². The zero-order chi connectivity index (χ0) is 24.7. The fourth-order valence-corrected chi connectivity index (χ4v) is 7.69. The molecule has 0 amide bonds. The van der Waals surface area contributed by atoms with Crippen molar-refractivity contribution in [3.05, 3.63) is 64.7 Å². The molecule has 3 aromatic heterocycles. The number of benzene rings is 1. The first-order chi connectivity index (χ1) is 17.5. The fourth-order valence-electron chi connectivity index (χ4n) is 5.35. The maximum atomic E-state index is 13.6. The van der Waals surface area contributed by atoms with E-state index in [-0.39, 0.29) is 10.8 Å². The predicted octanol–water partition coefficient (Wildman–Crippen LogP) is 5.09. The number of carbonyl (C=O) groups is 1. The SMILES string of the molecule is O=C1CCC(c2cnc3c(c2)c(-c2csc(C4CCNCC4)n2)cn3S(=O)(=O)c2ccccc2)CC1. The molecule has 7 nitrogen and oxygen atoms in total. The highest BCUT2D eigenvalue weighted by Gasteiger charge is 2.27. The van der Waals surface area contributed by atoms with Crippen LogP contribution < -0.4 is 5.32 Å². The molecule has 1 aliphatic heterocycles. The van der Waals surface area contributed by atoms with Crippen molar-refractivity contribution in [1.82, 2.24) is 19.3 Å². The molecule has 9 heteroatoms. The molecule has 6 rings (SSSR count). The van der Waals surface area contributed by atoms with Gasteiger partial charge in [0.2, 0.25) is 0 Å². The molecule has 36 heavy (non-hydrogen) atoms. The predicted molar refractivity (Wildman–Crippen MR) is 141 cm³/mol. The van der Waals surface area contributed by atoms with E-state index in [4.69, 9.17) is 4.98 Å². The van der Waals surface area contributed by atoms with Crippen molar-refractivity contribution in [2.45, 2.75) is 55.3 Å². The van der Waals surface area contributed by atoms with Crippen LogP contribution in [-0.4, -0.2) is 41.2 Å². The molecular formula is C27H28N4O3S2. The zero-order valence-electron chi connectivity index (χ0n) is 19.9. The van der Waals surface area contributed by atoms with Crippen molar-refractivity contribution in [2.24, 2.45) is 0 Å². The zero-order valence-corrected chi connectivity index (χ0v) is 21.5. The van der Waals surface area contributed by atoms with Crippen molar-refractivity contribution >= 4 is 38.2 Å². The quantitative estimate of drug-likeness (QED) is 0.394. The van der Waals surface area contributed by atoms with E-state index in [1.165, 1.54) is 3.97 Å². The molecular weight excluding hydrogens is 492 g/mol. The summed E-state index contributed by atoms with van der Waals surface area (Å²) < 4.78 is 28.6. The van der Waals surface area contributed by atoms with Crippen molar-refractivity contribution in [2.75, 3.05) is 13.1 Å². The Kier molecular flexibility index (Phi) is 6.23. The van der Waals surface area contributed by atoms with Crippen LogP contribution in [0.15, 0.2) is 59.1 Å². The average Bonchev–Trinajstić information content (AvgIpc) is 3.55. The smallest absolute Gasteiger partial charge is 0.269 e. The molecule has 2 fully saturated rings. The van der Waals surface area contributed by atoms with Gasteiger partial charge in [-0.25, -0.2) is 22.4 Å². The normalized spacial score (nSPS) is 18.2. The summed E-state index contributed by atoms with van der Waals surface area (Å²) in [4.78, 5) is 21.7. The van der Waals surface area contributed by atoms with Gasteiger partial charge >= 0.3 is 0 Å². The van der Waals surface area contributed by atoms with Crippen molar-refractivity contribution in [3.8, 4) is 11.3 Å². The number of nitrogens with zero attached hydrogens (tertiary/aromatic N) is 3. The molecule has 4 aromatic rings. The minimum Gasteiger partial charge on any atom is -0.317 e. The van der Waals surface area contributed by atoms with Crippen LogP contribution >= 0.6 is 11.3 Å². The largest absolute Gasteiger partial charge is 0.317 e. The topological polar surface area (TPSA) is 93.9 Å². The van der Waals surface area contributed by atoms with E-state index < -0.39 is 10.0 Å². The summed E-state index contributed by atoms with van der Waals surface area (Å²) in [6.07, 6.45) is 8.37. The third kappa shape index (κ3) is 4.29. The molecule has 4 heterocycles. The lowest BCUT2D eigenvalue weighted by Gasteiger charge is -2.21. The number of aromatic nitrogens is 3. The number of piperidine rings is 1. The molecule has 0 spiro atoms. The van der Waals surface area contributed by atoms with Gasteiger partial charge < -0.3 is 5.32 Å². The van der Waals surface area contributed by atoms with Crippen LogP contribution in [0.25, 0.3) is 22.3 Å². The summed E-state index contributed by atoms with van der Waals surface area (Å²) in [5.74, 6) is 0.996. The molecule has 1 aromatic carbocycles. The fraction of sp³-hybridized carbons (Fsp3) is 0.370. The molecule has 0 radical (unpaired) electrons. The van der Waals surface area contributed by atoms with Gasteiger partial charge in [0.1, 0.15) is 5.78 Å². The maximum Gasteiger partial charge on any atom is 0.269 e. The van der Waals surface area contributed by atoms with Gasteiger partial charge in [0.25, 0.3) is 10.0 Å². The number of thiazole rings is 1. The molecule has 1 aliphatic carbocycles. The second-order valence-corrected chi connectivity index (χ2v) is 12.4. The van der Waals surface area contributed by atoms with E-state index >= 15 is 0 Å². The van der Waals surface area contributed by atoms with Crippen LogP contribution in [0, 0.1) is 0 Å². The number of Topliss-reactive ketones (excluding diaryl/α,β-unsaturated/α-hetero) is 1. The number of fused-ring (bicyclic) bond motifs is 1. The van der Waals surface area contributed by atoms with Crippen LogP contribution in [0.5, 0.6) is 0 Å². The molecule has 1 saturated carbocycles. The molecule has 186 valence electrons. The third-order valence-corrected chi connectivity index (χ3v) is 10.1. The van der Waals surface area contributed by atoms with Gasteiger partial charge in [-0.1, -0.05) is 18.2 Å². The molecule has 1 N–H and O–H groups in total. The van der Waals surface area contributed by atoms with E-state index in [0.717, 1.165) is 66.0 Å². The lowest BCUT2D eigenvalue weighted by molar-refractivity contribution is -0.120. The average molecular weight is 521 g/mol. The molecule has 0 bridgehead atoms. The Bertz CT molecular complexity index is 1510. The Hall–Kier alpha value is -2.88. The highest BCUT2D eigenvalue weighted by atomic mass is 32.2. The van der Waals surface area contributed by atoms with E-state index in [9.17, 15) is 13.2 Å². The van der Waals surface area contributed by atoms with Gasteiger partial charge in [0.05, 0.1) is 15.6 Å². The van der Waals surface area contributed by atoms with Crippen LogP contribution in [0.2, 0.25) is 0 Å². The summed E-state index contributed by atoms with van der Waals surface area (Å²) in [5.41, 5.74) is 3.03. The maximum absolute atomic E-state index is 13.6. The minimum absolute atomic E-state index is 0.221. The Balaban J connectivity index is 1.48. The standard InChI is InChI=1S/C27H28N4O3S2/c32-21-8-6-18(7-9-21)20-14-23-24(25-17-35-27(30-25)19-10-12-28-13-11-19)16-31(26(23)29-15-20)36(33,34)22-4-2-1-3-5-22/h1-5,14-19,28H,6-13H2. The summed E-state index contributed by atoms with van der Waals surface area (Å²) >= 11 is 1.65. The number of carbonyl (C=O) groups excluding carboxylic acids is 1. The summed E-state index contributed by atoms with van der Waals surface area (Å²) in [6.45, 7) is 1.98. The first-order valence-electron chi connectivity index (χ1n) is 12.5. The number of pyridine rings is 1. The van der Waals surface area contributed by atoms with Crippen LogP contribution in [0.3, 0.4) is 0 Å². The second kappa shape index (κ2) is 9.53. The third-order valence-electron chi connectivity index (χ3n) is 7.43. The van der Waals surface area contributed by atoms with Gasteiger partial charge in [-0.15, -0.1) is 11.3 Å². The van der Waals surface area contributed by atoms with E-state index in [1.54, 1.807) is 54.1 Å². The first-order valence-corrected chi connectivity index (χ1v) is 14.8. The summed E-state index contributed by atoms with van der Waals surface area (Å²) in [6, 6.07) is 10.5. The van der Waals surface area contributed by atoms with E-state index in [1.807, 2.05) is 5.38 Å². The molecule has 0 unspecified atom stereocenters. The molecule has 0 atom stereocenters. The second-order valence-electron chi connectivity index (χ2n) is 9.70. The number of nitrogens with one attached hydrogen (secondary N) is 1. The number of rotatable bonds is 5. The van der Waals surface area contributed by atoms with Gasteiger partial charge in [-0.3, -0.25) is 4.79 Å². The summed E-state index contributed by atoms with van der Waals surface area (Å²) in [7, 11) is -3.83. The first kappa shape index (κ1) is 23.5. The lowest BCUT2D eigenvalue weighted by atomic mass is 9.84. The number of hydrogen-bond acceptors (Lipinski definition) is 7. The summed E-state index contributed by atoms with van der Waals surface area (Å²) in [5, 5.41) is 7.33. The Morgan fingerprint density at radius 3 is 2.50 bits per heavy atom. The van der Waals surface area contributed by atoms with Crippen molar-refractivity contribution in [3.63, 3.8) is 0 Å². The van der Waals surface area contributed by atoms with E-state index in [0.29, 0.717) is 30.2 Å².